The van der Waals surface area contributed by atoms with Gasteiger partial charge in [-0.05, 0) is 26.8 Å². The van der Waals surface area contributed by atoms with Gasteiger partial charge in [-0.1, -0.05) is 13.8 Å². The largest absolute Gasteiger partial charge is 0.310 e. The van der Waals surface area contributed by atoms with Gasteiger partial charge in [0.15, 0.2) is 0 Å². The molecule has 1 atom stereocenters. The van der Waals surface area contributed by atoms with Gasteiger partial charge < -0.3 is 5.32 Å². The van der Waals surface area contributed by atoms with Crippen LogP contribution in [0.3, 0.4) is 0 Å². The Bertz CT molecular complexity index is 132. The third-order valence-corrected chi connectivity index (χ3v) is 2.52. The number of rotatable bonds is 3. The zero-order valence-electron chi connectivity index (χ0n) is 8.80. The maximum atomic E-state index is 3.58. The Balaban J connectivity index is 2.26. The molecule has 0 bridgehead atoms. The van der Waals surface area contributed by atoms with Crippen molar-refractivity contribution in [1.82, 2.24) is 10.2 Å². The van der Waals surface area contributed by atoms with E-state index in [9.17, 15) is 0 Å². The summed E-state index contributed by atoms with van der Waals surface area (Å²) in [5, 5.41) is 3.58. The van der Waals surface area contributed by atoms with Crippen molar-refractivity contribution in [3.8, 4) is 0 Å². The van der Waals surface area contributed by atoms with Crippen LogP contribution in [0.4, 0.5) is 0 Å². The van der Waals surface area contributed by atoms with Gasteiger partial charge in [-0.2, -0.15) is 0 Å². The van der Waals surface area contributed by atoms with E-state index in [0.29, 0.717) is 12.1 Å². The maximum absolute atomic E-state index is 3.58. The number of hydrogen-bond donors (Lipinski definition) is 1. The van der Waals surface area contributed by atoms with Gasteiger partial charge in [0.2, 0.25) is 0 Å². The molecule has 1 N–H and O–H groups in total. The van der Waals surface area contributed by atoms with Crippen LogP contribution < -0.4 is 5.32 Å². The summed E-state index contributed by atoms with van der Waals surface area (Å²) in [6.45, 7) is 11.5. The topological polar surface area (TPSA) is 15.3 Å². The first-order valence-corrected chi connectivity index (χ1v) is 5.09. The van der Waals surface area contributed by atoms with E-state index in [2.05, 4.69) is 37.9 Å². The van der Waals surface area contributed by atoms with E-state index >= 15 is 0 Å². The maximum Gasteiger partial charge on any atom is 0.0209 e. The summed E-state index contributed by atoms with van der Waals surface area (Å²) in [4.78, 5) is 2.54. The van der Waals surface area contributed by atoms with Crippen molar-refractivity contribution in [3.05, 3.63) is 0 Å². The summed E-state index contributed by atoms with van der Waals surface area (Å²) >= 11 is 0. The molecule has 2 nitrogen and oxygen atoms in total. The Morgan fingerprint density at radius 3 is 2.33 bits per heavy atom. The predicted molar refractivity (Wildman–Crippen MR) is 53.4 cm³/mol. The zero-order valence-corrected chi connectivity index (χ0v) is 8.80. The van der Waals surface area contributed by atoms with Gasteiger partial charge in [0.1, 0.15) is 0 Å². The Hall–Kier alpha value is -0.0800. The second-order valence-electron chi connectivity index (χ2n) is 4.40. The smallest absolute Gasteiger partial charge is 0.0209 e. The van der Waals surface area contributed by atoms with Crippen LogP contribution in [0.15, 0.2) is 0 Å². The number of likely N-dealkylation sites (tertiary alicyclic amines) is 1. The Morgan fingerprint density at radius 1 is 1.25 bits per heavy atom. The first-order valence-electron chi connectivity index (χ1n) is 5.09. The van der Waals surface area contributed by atoms with E-state index in [1.54, 1.807) is 0 Å². The predicted octanol–water partition coefficient (Wildman–Crippen LogP) is 1.47. The fraction of sp³-hybridized carbons (Fsp3) is 1.00. The Morgan fingerprint density at radius 2 is 1.92 bits per heavy atom. The molecule has 72 valence electrons. The Kier molecular flexibility index (Phi) is 3.53. The molecular weight excluding hydrogens is 148 g/mol. The molecule has 1 aliphatic rings. The average Bonchev–Trinajstić information content (AvgIpc) is 2.34. The lowest BCUT2D eigenvalue weighted by atomic mass is 10.2. The van der Waals surface area contributed by atoms with Crippen molar-refractivity contribution >= 4 is 0 Å². The van der Waals surface area contributed by atoms with Gasteiger partial charge in [0.25, 0.3) is 0 Å². The second kappa shape index (κ2) is 4.24. The minimum Gasteiger partial charge on any atom is -0.310 e. The molecule has 1 saturated heterocycles. The molecule has 0 spiro atoms. The molecule has 2 heteroatoms. The van der Waals surface area contributed by atoms with Crippen LogP contribution in [0.5, 0.6) is 0 Å². The van der Waals surface area contributed by atoms with E-state index in [4.69, 9.17) is 0 Å². The minimum atomic E-state index is 0.627. The number of hydrogen-bond acceptors (Lipinski definition) is 2. The van der Waals surface area contributed by atoms with Gasteiger partial charge in [-0.15, -0.1) is 0 Å². The van der Waals surface area contributed by atoms with Gasteiger partial charge in [0.05, 0.1) is 0 Å². The lowest BCUT2D eigenvalue weighted by Crippen LogP contribution is -2.38. The third kappa shape index (κ3) is 2.76. The first kappa shape index (κ1) is 10.0. The standard InChI is InChI=1S/C10H22N2/c1-8(2)11-10-5-6-12(7-10)9(3)4/h8-11H,5-7H2,1-4H3/t10-/m1/s1. The van der Waals surface area contributed by atoms with E-state index in [0.717, 1.165) is 6.04 Å². The summed E-state index contributed by atoms with van der Waals surface area (Å²) in [6, 6.07) is 2.07. The van der Waals surface area contributed by atoms with Crippen molar-refractivity contribution in [2.45, 2.75) is 52.2 Å². The van der Waals surface area contributed by atoms with E-state index in [1.807, 2.05) is 0 Å². The van der Waals surface area contributed by atoms with Crippen molar-refractivity contribution in [1.29, 1.82) is 0 Å². The van der Waals surface area contributed by atoms with Crippen LogP contribution >= 0.6 is 0 Å². The van der Waals surface area contributed by atoms with Crippen LogP contribution in [0.2, 0.25) is 0 Å². The van der Waals surface area contributed by atoms with E-state index in [1.165, 1.54) is 19.5 Å². The summed E-state index contributed by atoms with van der Waals surface area (Å²) in [6.07, 6.45) is 1.32. The van der Waals surface area contributed by atoms with Gasteiger partial charge in [0, 0.05) is 24.7 Å². The van der Waals surface area contributed by atoms with Crippen LogP contribution in [0, 0.1) is 0 Å². The molecule has 0 aromatic carbocycles. The van der Waals surface area contributed by atoms with Crippen molar-refractivity contribution in [3.63, 3.8) is 0 Å². The van der Waals surface area contributed by atoms with Gasteiger partial charge >= 0.3 is 0 Å². The molecule has 1 fully saturated rings. The molecule has 0 radical (unpaired) electrons. The highest BCUT2D eigenvalue weighted by molar-refractivity contribution is 4.83. The summed E-state index contributed by atoms with van der Waals surface area (Å²) in [5.74, 6) is 0. The molecule has 12 heavy (non-hydrogen) atoms. The molecular formula is C10H22N2. The van der Waals surface area contributed by atoms with E-state index < -0.39 is 0 Å². The summed E-state index contributed by atoms with van der Waals surface area (Å²) in [5.41, 5.74) is 0. The molecule has 0 amide bonds. The van der Waals surface area contributed by atoms with Gasteiger partial charge in [-0.25, -0.2) is 0 Å². The summed E-state index contributed by atoms with van der Waals surface area (Å²) in [7, 11) is 0. The molecule has 0 saturated carbocycles. The van der Waals surface area contributed by atoms with Crippen LogP contribution in [-0.2, 0) is 0 Å². The fourth-order valence-corrected chi connectivity index (χ4v) is 1.86. The van der Waals surface area contributed by atoms with Crippen molar-refractivity contribution in [2.24, 2.45) is 0 Å². The van der Waals surface area contributed by atoms with Gasteiger partial charge in [-0.3, -0.25) is 4.90 Å². The fourth-order valence-electron chi connectivity index (χ4n) is 1.86. The SMILES string of the molecule is CC(C)N[C@@H]1CCN(C(C)C)C1. The minimum absolute atomic E-state index is 0.627. The molecule has 0 aliphatic carbocycles. The molecule has 1 rings (SSSR count). The first-order chi connectivity index (χ1) is 5.59. The lowest BCUT2D eigenvalue weighted by Gasteiger charge is -2.21. The van der Waals surface area contributed by atoms with Crippen molar-refractivity contribution in [2.75, 3.05) is 13.1 Å². The quantitative estimate of drug-likeness (QED) is 0.690. The van der Waals surface area contributed by atoms with Crippen LogP contribution in [0.25, 0.3) is 0 Å². The molecule has 0 aromatic heterocycles. The highest BCUT2D eigenvalue weighted by Gasteiger charge is 2.23. The van der Waals surface area contributed by atoms with Crippen molar-refractivity contribution < 1.29 is 0 Å². The number of nitrogens with zero attached hydrogens (tertiary/aromatic N) is 1. The van der Waals surface area contributed by atoms with Crippen LogP contribution in [-0.4, -0.2) is 36.1 Å². The monoisotopic (exact) mass is 170 g/mol. The molecule has 1 aliphatic heterocycles. The van der Waals surface area contributed by atoms with E-state index in [-0.39, 0.29) is 0 Å². The molecule has 1 heterocycles. The third-order valence-electron chi connectivity index (χ3n) is 2.52. The zero-order chi connectivity index (χ0) is 9.14. The molecule has 0 aromatic rings. The second-order valence-corrected chi connectivity index (χ2v) is 4.40. The molecule has 0 unspecified atom stereocenters. The Labute approximate surface area is 76.3 Å². The normalized spacial score (nSPS) is 26.0. The van der Waals surface area contributed by atoms with Crippen LogP contribution in [0.1, 0.15) is 34.1 Å². The highest BCUT2D eigenvalue weighted by Crippen LogP contribution is 2.12. The summed E-state index contributed by atoms with van der Waals surface area (Å²) < 4.78 is 0. The number of nitrogens with one attached hydrogen (secondary N) is 1. The lowest BCUT2D eigenvalue weighted by molar-refractivity contribution is 0.266. The average molecular weight is 170 g/mol. The highest BCUT2D eigenvalue weighted by atomic mass is 15.2.